The molecule has 32 heavy (non-hydrogen) atoms. The first-order valence-corrected chi connectivity index (χ1v) is 10.6. The maximum Gasteiger partial charge on any atom is 0.254 e. The lowest BCUT2D eigenvalue weighted by Crippen LogP contribution is -2.37. The Balaban J connectivity index is 1.53. The van der Waals surface area contributed by atoms with E-state index in [0.717, 1.165) is 11.6 Å². The van der Waals surface area contributed by atoms with E-state index in [9.17, 15) is 13.6 Å². The van der Waals surface area contributed by atoms with Gasteiger partial charge in [0.15, 0.2) is 6.10 Å². The highest BCUT2D eigenvalue weighted by atomic mass is 35.5. The molecule has 1 amide bonds. The zero-order valence-corrected chi connectivity index (χ0v) is 18.3. The molecule has 0 fully saturated rings. The van der Waals surface area contributed by atoms with Crippen molar-refractivity contribution >= 4 is 34.8 Å². The number of benzene rings is 3. The Hall–Kier alpha value is -2.96. The van der Waals surface area contributed by atoms with Crippen LogP contribution in [0.3, 0.4) is 0 Å². The third-order valence-electron chi connectivity index (χ3n) is 5.09. The molecular weight excluding hydrogens is 457 g/mol. The molecule has 0 saturated carbocycles. The van der Waals surface area contributed by atoms with E-state index in [1.807, 2.05) is 0 Å². The highest BCUT2D eigenvalue weighted by molar-refractivity contribution is 6.42. The Kier molecular flexibility index (Phi) is 6.72. The molecule has 1 aliphatic heterocycles. The number of carbonyl (C=O) groups excluding carboxylic acids is 1. The Bertz CT molecular complexity index is 1190. The molecule has 8 heteroatoms. The van der Waals surface area contributed by atoms with Gasteiger partial charge in [0.05, 0.1) is 22.3 Å². The Labute approximate surface area is 194 Å². The van der Waals surface area contributed by atoms with Crippen molar-refractivity contribution in [2.24, 2.45) is 5.16 Å². The number of amides is 1. The topological polar surface area (TPSA) is 41.9 Å². The number of rotatable bonds is 6. The quantitative estimate of drug-likeness (QED) is 0.432. The van der Waals surface area contributed by atoms with Gasteiger partial charge < -0.3 is 9.74 Å². The SMILES string of the molecule is O=C(c1cccc(F)c1)N(Cc1ccccc1F)C[C@H]1CC(c2ccc(Cl)c(Cl)c2)=NO1. The van der Waals surface area contributed by atoms with Crippen molar-refractivity contribution in [2.45, 2.75) is 19.1 Å². The molecule has 0 radical (unpaired) electrons. The van der Waals surface area contributed by atoms with E-state index in [1.54, 1.807) is 36.4 Å². The molecule has 1 aliphatic rings. The van der Waals surface area contributed by atoms with Crippen LogP contribution in [-0.2, 0) is 11.4 Å². The second kappa shape index (κ2) is 9.67. The zero-order valence-electron chi connectivity index (χ0n) is 16.8. The maximum absolute atomic E-state index is 14.3. The van der Waals surface area contributed by atoms with Gasteiger partial charge in [-0.25, -0.2) is 8.78 Å². The number of hydrogen-bond donors (Lipinski definition) is 0. The fourth-order valence-electron chi connectivity index (χ4n) is 3.47. The third-order valence-corrected chi connectivity index (χ3v) is 5.83. The van der Waals surface area contributed by atoms with Gasteiger partial charge in [0.25, 0.3) is 5.91 Å². The molecule has 0 aliphatic carbocycles. The van der Waals surface area contributed by atoms with E-state index in [2.05, 4.69) is 5.16 Å². The molecule has 3 aromatic carbocycles. The van der Waals surface area contributed by atoms with E-state index < -0.39 is 23.6 Å². The van der Waals surface area contributed by atoms with Crippen molar-refractivity contribution in [3.63, 3.8) is 0 Å². The number of carbonyl (C=O) groups is 1. The van der Waals surface area contributed by atoms with E-state index >= 15 is 0 Å². The Morgan fingerprint density at radius 1 is 1.03 bits per heavy atom. The largest absolute Gasteiger partial charge is 0.390 e. The van der Waals surface area contributed by atoms with Crippen LogP contribution in [0.15, 0.2) is 71.9 Å². The first-order chi connectivity index (χ1) is 15.4. The number of halogens is 4. The molecule has 1 heterocycles. The van der Waals surface area contributed by atoms with Crippen LogP contribution in [0.5, 0.6) is 0 Å². The number of hydrogen-bond acceptors (Lipinski definition) is 3. The van der Waals surface area contributed by atoms with Crippen LogP contribution in [0, 0.1) is 11.6 Å². The van der Waals surface area contributed by atoms with Crippen molar-refractivity contribution in [2.75, 3.05) is 6.54 Å². The van der Waals surface area contributed by atoms with E-state index in [1.165, 1.54) is 29.2 Å². The molecule has 4 nitrogen and oxygen atoms in total. The molecule has 1 atom stereocenters. The molecular formula is C24H18Cl2F2N2O2. The van der Waals surface area contributed by atoms with Gasteiger partial charge in [0.1, 0.15) is 11.6 Å². The average Bonchev–Trinajstić information content (AvgIpc) is 3.25. The molecule has 3 aromatic rings. The van der Waals surface area contributed by atoms with Gasteiger partial charge >= 0.3 is 0 Å². The first-order valence-electron chi connectivity index (χ1n) is 9.87. The lowest BCUT2D eigenvalue weighted by atomic mass is 10.0. The predicted octanol–water partition coefficient (Wildman–Crippen LogP) is 6.11. The second-order valence-electron chi connectivity index (χ2n) is 7.39. The third kappa shape index (κ3) is 5.09. The number of nitrogens with zero attached hydrogens (tertiary/aromatic N) is 2. The van der Waals surface area contributed by atoms with Crippen LogP contribution < -0.4 is 0 Å². The summed E-state index contributed by atoms with van der Waals surface area (Å²) < 4.78 is 28.0. The van der Waals surface area contributed by atoms with Crippen molar-refractivity contribution in [1.29, 1.82) is 0 Å². The normalized spacial score (nSPS) is 15.2. The minimum atomic E-state index is -0.524. The molecule has 4 rings (SSSR count). The van der Waals surface area contributed by atoms with Crippen LogP contribution in [-0.4, -0.2) is 29.2 Å². The average molecular weight is 475 g/mol. The lowest BCUT2D eigenvalue weighted by molar-refractivity contribution is 0.0402. The van der Waals surface area contributed by atoms with Crippen molar-refractivity contribution in [3.05, 3.63) is 105 Å². The van der Waals surface area contributed by atoms with Crippen LogP contribution in [0.4, 0.5) is 8.78 Å². The zero-order chi connectivity index (χ0) is 22.7. The smallest absolute Gasteiger partial charge is 0.254 e. The van der Waals surface area contributed by atoms with Crippen LogP contribution >= 0.6 is 23.2 Å². The minimum Gasteiger partial charge on any atom is -0.390 e. The second-order valence-corrected chi connectivity index (χ2v) is 8.20. The van der Waals surface area contributed by atoms with Crippen molar-refractivity contribution in [3.8, 4) is 0 Å². The molecule has 0 bridgehead atoms. The highest BCUT2D eigenvalue weighted by Crippen LogP contribution is 2.26. The summed E-state index contributed by atoms with van der Waals surface area (Å²) in [4.78, 5) is 20.1. The maximum atomic E-state index is 14.3. The van der Waals surface area contributed by atoms with Crippen LogP contribution in [0.1, 0.15) is 27.9 Å². The van der Waals surface area contributed by atoms with Gasteiger partial charge in [0, 0.05) is 29.7 Å². The monoisotopic (exact) mass is 474 g/mol. The summed E-state index contributed by atoms with van der Waals surface area (Å²) in [5.41, 5.74) is 1.95. The Morgan fingerprint density at radius 2 is 1.84 bits per heavy atom. The summed E-state index contributed by atoms with van der Waals surface area (Å²) in [6, 6.07) is 16.8. The summed E-state index contributed by atoms with van der Waals surface area (Å²) in [5, 5.41) is 4.96. The van der Waals surface area contributed by atoms with Gasteiger partial charge in [-0.1, -0.05) is 58.7 Å². The van der Waals surface area contributed by atoms with Gasteiger partial charge in [-0.3, -0.25) is 4.79 Å². The first kappa shape index (κ1) is 22.2. The van der Waals surface area contributed by atoms with Crippen LogP contribution in [0.25, 0.3) is 0 Å². The van der Waals surface area contributed by atoms with E-state index in [4.69, 9.17) is 28.0 Å². The Morgan fingerprint density at radius 3 is 2.59 bits per heavy atom. The molecule has 0 unspecified atom stereocenters. The minimum absolute atomic E-state index is 0.00395. The van der Waals surface area contributed by atoms with Gasteiger partial charge in [-0.05, 0) is 36.4 Å². The van der Waals surface area contributed by atoms with Gasteiger partial charge in [-0.15, -0.1) is 0 Å². The fourth-order valence-corrected chi connectivity index (χ4v) is 3.77. The van der Waals surface area contributed by atoms with E-state index in [0.29, 0.717) is 27.7 Å². The van der Waals surface area contributed by atoms with Crippen molar-refractivity contribution < 1.29 is 18.4 Å². The summed E-state index contributed by atoms with van der Waals surface area (Å²) in [6.07, 6.45) is -0.0361. The van der Waals surface area contributed by atoms with Gasteiger partial charge in [0.2, 0.25) is 0 Å². The molecule has 164 valence electrons. The summed E-state index contributed by atoms with van der Waals surface area (Å²) >= 11 is 12.1. The highest BCUT2D eigenvalue weighted by Gasteiger charge is 2.28. The predicted molar refractivity (Wildman–Crippen MR) is 120 cm³/mol. The fraction of sp³-hybridized carbons (Fsp3) is 0.167. The number of oxime groups is 1. The van der Waals surface area contributed by atoms with Crippen LogP contribution in [0.2, 0.25) is 10.0 Å². The standard InChI is InChI=1S/C24H18Cl2F2N2O2/c25-20-9-8-15(11-21(20)26)23-12-19(32-29-23)14-30(13-17-4-1-2-7-22(17)28)24(31)16-5-3-6-18(27)10-16/h1-11,19H,12-14H2/t19-/m1/s1. The van der Waals surface area contributed by atoms with Crippen molar-refractivity contribution in [1.82, 2.24) is 4.90 Å². The summed E-state index contributed by atoms with van der Waals surface area (Å²) in [7, 11) is 0. The van der Waals surface area contributed by atoms with E-state index in [-0.39, 0.29) is 18.7 Å². The molecule has 0 spiro atoms. The molecule has 0 aromatic heterocycles. The lowest BCUT2D eigenvalue weighted by Gasteiger charge is -2.25. The summed E-state index contributed by atoms with van der Waals surface area (Å²) in [6.45, 7) is 0.141. The summed E-state index contributed by atoms with van der Waals surface area (Å²) in [5.74, 6) is -1.38. The molecule has 0 saturated heterocycles. The van der Waals surface area contributed by atoms with Gasteiger partial charge in [-0.2, -0.15) is 0 Å². The molecule has 0 N–H and O–H groups in total.